The summed E-state index contributed by atoms with van der Waals surface area (Å²) in [5.74, 6) is -0.0648. The molecule has 1 aromatic carbocycles. The van der Waals surface area contributed by atoms with Gasteiger partial charge in [0.1, 0.15) is 5.84 Å². The predicted octanol–water partition coefficient (Wildman–Crippen LogP) is 3.69. The summed E-state index contributed by atoms with van der Waals surface area (Å²) in [6, 6.07) is 3.13. The highest BCUT2D eigenvalue weighted by molar-refractivity contribution is 6.33. The summed E-state index contributed by atoms with van der Waals surface area (Å²) >= 11 is 5.83. The van der Waals surface area contributed by atoms with Crippen LogP contribution in [0, 0.1) is 0 Å². The Morgan fingerprint density at radius 2 is 2.15 bits per heavy atom. The zero-order valence-corrected chi connectivity index (χ0v) is 11.5. The van der Waals surface area contributed by atoms with E-state index < -0.39 is 17.8 Å². The van der Waals surface area contributed by atoms with Crippen LogP contribution >= 0.6 is 11.6 Å². The number of para-hydroxylation sites is 1. The van der Waals surface area contributed by atoms with E-state index in [-0.39, 0.29) is 23.0 Å². The number of hydrogen-bond donors (Lipinski definition) is 3. The number of amidine groups is 1. The van der Waals surface area contributed by atoms with Gasteiger partial charge >= 0.3 is 6.18 Å². The molecule has 0 aliphatic rings. The standard InChI is InChI=1S/C12H15ClF3N3O/c1-2-7(6-10(17)19-20)18-11-8(12(14,15)16)4-3-5-9(11)13/h3-5,7,18,20H,2,6H2,1H3,(H2,17,19). The van der Waals surface area contributed by atoms with E-state index in [0.717, 1.165) is 6.07 Å². The van der Waals surface area contributed by atoms with E-state index in [2.05, 4.69) is 10.5 Å². The number of halogens is 4. The lowest BCUT2D eigenvalue weighted by atomic mass is 10.1. The van der Waals surface area contributed by atoms with Crippen LogP contribution in [0.2, 0.25) is 5.02 Å². The Balaban J connectivity index is 3.07. The van der Waals surface area contributed by atoms with E-state index in [1.165, 1.54) is 12.1 Å². The first kappa shape index (κ1) is 16.4. The Labute approximate surface area is 119 Å². The Bertz CT molecular complexity index is 491. The number of rotatable bonds is 5. The van der Waals surface area contributed by atoms with Gasteiger partial charge in [0.2, 0.25) is 0 Å². The van der Waals surface area contributed by atoms with E-state index >= 15 is 0 Å². The second-order valence-electron chi connectivity index (χ2n) is 4.21. The Morgan fingerprint density at radius 1 is 1.50 bits per heavy atom. The molecule has 0 aliphatic heterocycles. The molecule has 0 spiro atoms. The molecule has 0 aliphatic carbocycles. The van der Waals surface area contributed by atoms with Crippen molar-refractivity contribution in [2.24, 2.45) is 10.9 Å². The van der Waals surface area contributed by atoms with Gasteiger partial charge in [-0.3, -0.25) is 0 Å². The molecule has 0 saturated carbocycles. The third-order valence-electron chi connectivity index (χ3n) is 2.74. The molecule has 0 heterocycles. The van der Waals surface area contributed by atoms with Crippen molar-refractivity contribution in [1.29, 1.82) is 0 Å². The van der Waals surface area contributed by atoms with E-state index in [4.69, 9.17) is 22.5 Å². The minimum Gasteiger partial charge on any atom is -0.409 e. The van der Waals surface area contributed by atoms with Gasteiger partial charge in [-0.05, 0) is 18.6 Å². The number of hydrogen-bond acceptors (Lipinski definition) is 3. The number of benzene rings is 1. The molecule has 20 heavy (non-hydrogen) atoms. The smallest absolute Gasteiger partial charge is 0.409 e. The Kier molecular flexibility index (Phi) is 5.50. The van der Waals surface area contributed by atoms with Crippen molar-refractivity contribution in [2.75, 3.05) is 5.32 Å². The van der Waals surface area contributed by atoms with Gasteiger partial charge in [-0.15, -0.1) is 0 Å². The van der Waals surface area contributed by atoms with Crippen molar-refractivity contribution in [3.05, 3.63) is 28.8 Å². The molecule has 1 rings (SSSR count). The number of nitrogens with one attached hydrogen (secondary N) is 1. The summed E-state index contributed by atoms with van der Waals surface area (Å²) in [5.41, 5.74) is 4.33. The number of anilines is 1. The molecule has 112 valence electrons. The van der Waals surface area contributed by atoms with E-state index in [9.17, 15) is 13.2 Å². The van der Waals surface area contributed by atoms with Gasteiger partial charge in [-0.1, -0.05) is 29.7 Å². The molecule has 4 N–H and O–H groups in total. The van der Waals surface area contributed by atoms with Gasteiger partial charge in [-0.25, -0.2) is 0 Å². The van der Waals surface area contributed by atoms with Crippen molar-refractivity contribution in [2.45, 2.75) is 32.0 Å². The minimum atomic E-state index is -4.51. The monoisotopic (exact) mass is 309 g/mol. The fourth-order valence-electron chi connectivity index (χ4n) is 1.70. The van der Waals surface area contributed by atoms with Gasteiger partial charge in [0, 0.05) is 12.5 Å². The molecule has 0 saturated heterocycles. The Morgan fingerprint density at radius 3 is 2.65 bits per heavy atom. The average molecular weight is 310 g/mol. The fourth-order valence-corrected chi connectivity index (χ4v) is 1.93. The normalized spacial score (nSPS) is 14.2. The highest BCUT2D eigenvalue weighted by Crippen LogP contribution is 2.39. The molecule has 8 heteroatoms. The Hall–Kier alpha value is -1.63. The lowest BCUT2D eigenvalue weighted by Gasteiger charge is -2.22. The summed E-state index contributed by atoms with van der Waals surface area (Å²) in [5, 5.41) is 14.0. The van der Waals surface area contributed by atoms with Crippen LogP contribution in [0.25, 0.3) is 0 Å². The first-order valence-corrected chi connectivity index (χ1v) is 6.26. The van der Waals surface area contributed by atoms with E-state index in [1.807, 2.05) is 0 Å². The summed E-state index contributed by atoms with van der Waals surface area (Å²) in [6.07, 6.45) is -3.92. The minimum absolute atomic E-state index is 0.0298. The molecule has 0 aromatic heterocycles. The van der Waals surface area contributed by atoms with Gasteiger partial charge in [0.05, 0.1) is 16.3 Å². The van der Waals surface area contributed by atoms with Crippen LogP contribution < -0.4 is 11.1 Å². The molecule has 0 amide bonds. The van der Waals surface area contributed by atoms with Gasteiger partial charge in [-0.2, -0.15) is 13.2 Å². The highest BCUT2D eigenvalue weighted by Gasteiger charge is 2.34. The summed E-state index contributed by atoms with van der Waals surface area (Å²) < 4.78 is 38.8. The molecule has 0 radical (unpaired) electrons. The van der Waals surface area contributed by atoms with Crippen molar-refractivity contribution in [1.82, 2.24) is 0 Å². The second-order valence-corrected chi connectivity index (χ2v) is 4.61. The summed E-state index contributed by atoms with van der Waals surface area (Å²) in [7, 11) is 0. The maximum absolute atomic E-state index is 12.9. The highest BCUT2D eigenvalue weighted by atomic mass is 35.5. The van der Waals surface area contributed by atoms with Crippen LogP contribution in [0.5, 0.6) is 0 Å². The third-order valence-corrected chi connectivity index (χ3v) is 3.06. The maximum atomic E-state index is 12.9. The lowest BCUT2D eigenvalue weighted by Crippen LogP contribution is -2.27. The summed E-state index contributed by atoms with van der Waals surface area (Å²) in [4.78, 5) is 0. The molecule has 1 aromatic rings. The first-order valence-electron chi connectivity index (χ1n) is 5.88. The van der Waals surface area contributed by atoms with Gasteiger partial charge < -0.3 is 16.3 Å². The fraction of sp³-hybridized carbons (Fsp3) is 0.417. The van der Waals surface area contributed by atoms with Crippen LogP contribution in [0.1, 0.15) is 25.3 Å². The number of nitrogens with two attached hydrogens (primary N) is 1. The average Bonchev–Trinajstić information content (AvgIpc) is 2.38. The van der Waals surface area contributed by atoms with Crippen LogP contribution in [0.4, 0.5) is 18.9 Å². The van der Waals surface area contributed by atoms with Crippen LogP contribution in [0.15, 0.2) is 23.4 Å². The molecule has 1 unspecified atom stereocenters. The number of nitrogens with zero attached hydrogens (tertiary/aromatic N) is 1. The largest absolute Gasteiger partial charge is 0.418 e. The molecular formula is C12H15ClF3N3O. The van der Waals surface area contributed by atoms with Crippen molar-refractivity contribution in [3.63, 3.8) is 0 Å². The topological polar surface area (TPSA) is 70.6 Å². The quantitative estimate of drug-likeness (QED) is 0.336. The van der Waals surface area contributed by atoms with E-state index in [0.29, 0.717) is 6.42 Å². The number of alkyl halides is 3. The van der Waals surface area contributed by atoms with Crippen LogP contribution in [-0.2, 0) is 6.18 Å². The molecule has 0 bridgehead atoms. The van der Waals surface area contributed by atoms with Crippen LogP contribution in [0.3, 0.4) is 0 Å². The lowest BCUT2D eigenvalue weighted by molar-refractivity contribution is -0.137. The zero-order valence-electron chi connectivity index (χ0n) is 10.7. The van der Waals surface area contributed by atoms with E-state index in [1.54, 1.807) is 6.92 Å². The first-order chi connectivity index (χ1) is 9.29. The zero-order chi connectivity index (χ0) is 15.3. The van der Waals surface area contributed by atoms with Crippen molar-refractivity contribution >= 4 is 23.1 Å². The van der Waals surface area contributed by atoms with Crippen molar-refractivity contribution < 1.29 is 18.4 Å². The molecule has 4 nitrogen and oxygen atoms in total. The third kappa shape index (κ3) is 4.19. The van der Waals surface area contributed by atoms with Crippen molar-refractivity contribution in [3.8, 4) is 0 Å². The van der Waals surface area contributed by atoms with Gasteiger partial charge in [0.25, 0.3) is 0 Å². The molecular weight excluding hydrogens is 295 g/mol. The maximum Gasteiger partial charge on any atom is 0.418 e. The van der Waals surface area contributed by atoms with Gasteiger partial charge in [0.15, 0.2) is 0 Å². The SMILES string of the molecule is CCC(CC(N)=NO)Nc1c(Cl)cccc1C(F)(F)F. The summed E-state index contributed by atoms with van der Waals surface area (Å²) in [6.45, 7) is 1.77. The van der Waals surface area contributed by atoms with Crippen LogP contribution in [-0.4, -0.2) is 17.1 Å². The molecule has 0 fully saturated rings. The number of oxime groups is 1. The molecule has 1 atom stereocenters. The second kappa shape index (κ2) is 6.69. The predicted molar refractivity (Wildman–Crippen MR) is 72.2 cm³/mol.